The number of rotatable bonds is 2. The quantitative estimate of drug-likeness (QED) is 0.687. The first-order valence-corrected chi connectivity index (χ1v) is 9.05. The monoisotopic (exact) mass is 307 g/mol. The molecule has 0 aromatic rings. The minimum atomic E-state index is -0.258. The van der Waals surface area contributed by atoms with Crippen molar-refractivity contribution in [1.82, 2.24) is 0 Å². The maximum Gasteiger partial charge on any atom is 0.0610 e. The molecule has 3 nitrogen and oxygen atoms in total. The molecule has 0 aromatic carbocycles. The zero-order valence-electron chi connectivity index (χ0n) is 14.2. The van der Waals surface area contributed by atoms with Crippen molar-refractivity contribution in [3.05, 3.63) is 12.2 Å². The molecule has 3 heteroatoms. The SMILES string of the molecule is C=C1CCC2[C@H](O)C([C@@]3(C)CC[C@H](N)C[C@@H]3CO)CC[C@]12C. The number of hydrogen-bond acceptors (Lipinski definition) is 3. The van der Waals surface area contributed by atoms with E-state index >= 15 is 0 Å². The molecular formula is C19H33NO2. The van der Waals surface area contributed by atoms with E-state index in [2.05, 4.69) is 20.4 Å². The van der Waals surface area contributed by atoms with Crippen LogP contribution in [0.3, 0.4) is 0 Å². The smallest absolute Gasteiger partial charge is 0.0610 e. The van der Waals surface area contributed by atoms with Crippen LogP contribution in [0.2, 0.25) is 0 Å². The summed E-state index contributed by atoms with van der Waals surface area (Å²) in [5.41, 5.74) is 7.62. The first-order chi connectivity index (χ1) is 10.3. The summed E-state index contributed by atoms with van der Waals surface area (Å²) in [7, 11) is 0. The predicted molar refractivity (Wildman–Crippen MR) is 89.2 cm³/mol. The third-order valence-corrected chi connectivity index (χ3v) is 7.82. The van der Waals surface area contributed by atoms with Crippen molar-refractivity contribution in [3.63, 3.8) is 0 Å². The van der Waals surface area contributed by atoms with Crippen molar-refractivity contribution in [1.29, 1.82) is 0 Å². The second-order valence-corrected chi connectivity index (χ2v) is 8.72. The molecule has 0 radical (unpaired) electrons. The topological polar surface area (TPSA) is 66.5 Å². The van der Waals surface area contributed by atoms with E-state index in [-0.39, 0.29) is 35.5 Å². The van der Waals surface area contributed by atoms with Crippen molar-refractivity contribution in [2.45, 2.75) is 70.9 Å². The highest BCUT2D eigenvalue weighted by Crippen LogP contribution is 2.60. The summed E-state index contributed by atoms with van der Waals surface area (Å²) in [6.07, 6.45) is 7.02. The fraction of sp³-hybridized carbons (Fsp3) is 0.895. The Labute approximate surface area is 135 Å². The van der Waals surface area contributed by atoms with E-state index in [9.17, 15) is 10.2 Å². The number of allylic oxidation sites excluding steroid dienone is 1. The lowest BCUT2D eigenvalue weighted by Gasteiger charge is -2.55. The largest absolute Gasteiger partial charge is 0.396 e. The standard InChI is InChI=1S/C19H33NO2/c1-12-4-5-15-17(22)16(7-9-18(12,15)2)19(3)8-6-14(20)10-13(19)11-21/h13-17,21-22H,1,4-11,20H2,2-3H3/t13-,14+,15?,16?,17+,18-,19+/m1/s1. The van der Waals surface area contributed by atoms with Crippen molar-refractivity contribution >= 4 is 0 Å². The van der Waals surface area contributed by atoms with Gasteiger partial charge in [0.25, 0.3) is 0 Å². The summed E-state index contributed by atoms with van der Waals surface area (Å²) in [6, 6.07) is 0.211. The number of hydrogen-bond donors (Lipinski definition) is 3. The normalized spacial score (nSPS) is 52.6. The Kier molecular flexibility index (Phi) is 4.20. The van der Waals surface area contributed by atoms with Gasteiger partial charge in [0.05, 0.1) is 6.10 Å². The highest BCUT2D eigenvalue weighted by atomic mass is 16.3. The highest BCUT2D eigenvalue weighted by Gasteiger charge is 2.56. The zero-order chi connectivity index (χ0) is 16.1. The first-order valence-electron chi connectivity index (χ1n) is 9.05. The summed E-state index contributed by atoms with van der Waals surface area (Å²) >= 11 is 0. The molecule has 0 amide bonds. The van der Waals surface area contributed by atoms with Gasteiger partial charge >= 0.3 is 0 Å². The number of nitrogens with two attached hydrogens (primary N) is 1. The predicted octanol–water partition coefficient (Wildman–Crippen LogP) is 2.86. The van der Waals surface area contributed by atoms with Crippen LogP contribution < -0.4 is 5.73 Å². The Morgan fingerprint density at radius 3 is 2.59 bits per heavy atom. The van der Waals surface area contributed by atoms with E-state index < -0.39 is 0 Å². The second kappa shape index (κ2) is 5.61. The molecule has 126 valence electrons. The Morgan fingerprint density at radius 1 is 1.18 bits per heavy atom. The molecular weight excluding hydrogens is 274 g/mol. The molecule has 3 fully saturated rings. The van der Waals surface area contributed by atoms with Crippen LogP contribution in [-0.4, -0.2) is 29.0 Å². The van der Waals surface area contributed by atoms with E-state index in [1.54, 1.807) is 0 Å². The van der Waals surface area contributed by atoms with Crippen LogP contribution in [0.25, 0.3) is 0 Å². The van der Waals surface area contributed by atoms with Crippen LogP contribution in [0, 0.1) is 28.6 Å². The molecule has 4 N–H and O–H groups in total. The third-order valence-electron chi connectivity index (χ3n) is 7.82. The van der Waals surface area contributed by atoms with Crippen LogP contribution in [0.1, 0.15) is 58.8 Å². The summed E-state index contributed by atoms with van der Waals surface area (Å²) in [4.78, 5) is 0. The van der Waals surface area contributed by atoms with Gasteiger partial charge in [-0.25, -0.2) is 0 Å². The number of aliphatic hydroxyl groups excluding tert-OH is 2. The van der Waals surface area contributed by atoms with Crippen molar-refractivity contribution in [2.24, 2.45) is 34.3 Å². The Balaban J connectivity index is 1.85. The Hall–Kier alpha value is -0.380. The molecule has 0 saturated heterocycles. The first kappa shape index (κ1) is 16.5. The molecule has 3 aliphatic rings. The average molecular weight is 307 g/mol. The van der Waals surface area contributed by atoms with Crippen LogP contribution in [0.4, 0.5) is 0 Å². The zero-order valence-corrected chi connectivity index (χ0v) is 14.2. The van der Waals surface area contributed by atoms with E-state index in [1.165, 1.54) is 5.57 Å². The van der Waals surface area contributed by atoms with Crippen LogP contribution >= 0.6 is 0 Å². The highest BCUT2D eigenvalue weighted by molar-refractivity contribution is 5.21. The van der Waals surface area contributed by atoms with E-state index in [4.69, 9.17) is 5.73 Å². The Bertz CT molecular complexity index is 451. The van der Waals surface area contributed by atoms with Gasteiger partial charge < -0.3 is 15.9 Å². The van der Waals surface area contributed by atoms with E-state index in [0.717, 1.165) is 44.9 Å². The number of fused-ring (bicyclic) bond motifs is 1. The minimum Gasteiger partial charge on any atom is -0.396 e. The fourth-order valence-corrected chi connectivity index (χ4v) is 5.96. The lowest BCUT2D eigenvalue weighted by atomic mass is 9.52. The summed E-state index contributed by atoms with van der Waals surface area (Å²) in [5.74, 6) is 0.872. The molecule has 2 unspecified atom stereocenters. The molecule has 0 aromatic heterocycles. The molecule has 0 bridgehead atoms. The molecule has 0 aliphatic heterocycles. The van der Waals surface area contributed by atoms with Gasteiger partial charge in [-0.1, -0.05) is 26.0 Å². The van der Waals surface area contributed by atoms with Gasteiger partial charge in [-0.2, -0.15) is 0 Å². The van der Waals surface area contributed by atoms with Gasteiger partial charge in [-0.05, 0) is 73.5 Å². The van der Waals surface area contributed by atoms with Gasteiger partial charge in [0.1, 0.15) is 0 Å². The maximum atomic E-state index is 11.2. The lowest BCUT2D eigenvalue weighted by molar-refractivity contribution is -0.115. The molecule has 3 rings (SSSR count). The Morgan fingerprint density at radius 2 is 1.91 bits per heavy atom. The average Bonchev–Trinajstić information content (AvgIpc) is 2.78. The van der Waals surface area contributed by atoms with Crippen LogP contribution in [-0.2, 0) is 0 Å². The molecule has 3 aliphatic carbocycles. The van der Waals surface area contributed by atoms with E-state index in [0.29, 0.717) is 11.8 Å². The van der Waals surface area contributed by atoms with E-state index in [1.807, 2.05) is 0 Å². The van der Waals surface area contributed by atoms with Crippen molar-refractivity contribution in [2.75, 3.05) is 6.61 Å². The summed E-state index contributed by atoms with van der Waals surface area (Å²) in [5, 5.41) is 21.1. The van der Waals surface area contributed by atoms with Crippen LogP contribution in [0.5, 0.6) is 0 Å². The minimum absolute atomic E-state index is 0.0231. The van der Waals surface area contributed by atoms with Gasteiger partial charge in [0.15, 0.2) is 0 Å². The summed E-state index contributed by atoms with van der Waals surface area (Å²) in [6.45, 7) is 9.06. The molecule has 0 spiro atoms. The molecule has 22 heavy (non-hydrogen) atoms. The third kappa shape index (κ3) is 2.28. The number of aliphatic hydroxyl groups is 2. The molecule has 7 atom stereocenters. The van der Waals surface area contributed by atoms with Crippen LogP contribution in [0.15, 0.2) is 12.2 Å². The molecule has 0 heterocycles. The molecule has 3 saturated carbocycles. The lowest BCUT2D eigenvalue weighted by Crippen LogP contribution is -2.54. The summed E-state index contributed by atoms with van der Waals surface area (Å²) < 4.78 is 0. The van der Waals surface area contributed by atoms with Gasteiger partial charge in [-0.15, -0.1) is 0 Å². The van der Waals surface area contributed by atoms with Gasteiger partial charge in [-0.3, -0.25) is 0 Å². The van der Waals surface area contributed by atoms with Crippen molar-refractivity contribution < 1.29 is 10.2 Å². The van der Waals surface area contributed by atoms with Gasteiger partial charge in [0.2, 0.25) is 0 Å². The fourth-order valence-electron chi connectivity index (χ4n) is 5.96. The second-order valence-electron chi connectivity index (χ2n) is 8.72. The van der Waals surface area contributed by atoms with Crippen molar-refractivity contribution in [3.8, 4) is 0 Å². The van der Waals surface area contributed by atoms with Gasteiger partial charge in [0, 0.05) is 12.6 Å². The maximum absolute atomic E-state index is 11.2.